The van der Waals surface area contributed by atoms with Crippen molar-refractivity contribution in [2.45, 2.75) is 32.1 Å². The summed E-state index contributed by atoms with van der Waals surface area (Å²) in [6.45, 7) is 1.02. The molecule has 1 fully saturated rings. The van der Waals surface area contributed by atoms with Crippen molar-refractivity contribution < 1.29 is 0 Å². The molecule has 0 atom stereocenters. The summed E-state index contributed by atoms with van der Waals surface area (Å²) in [6.07, 6.45) is 6.76. The average Bonchev–Trinajstić information content (AvgIpc) is 2.89. The van der Waals surface area contributed by atoms with Gasteiger partial charge in [0, 0.05) is 13.6 Å². The topological polar surface area (TPSA) is 53.0 Å². The van der Waals surface area contributed by atoms with E-state index < -0.39 is 0 Å². The summed E-state index contributed by atoms with van der Waals surface area (Å²) in [5.74, 6) is 0.882. The predicted molar refractivity (Wildman–Crippen MR) is 75.4 cm³/mol. The van der Waals surface area contributed by atoms with E-state index in [1.807, 2.05) is 12.1 Å². The molecule has 1 aromatic carbocycles. The highest BCUT2D eigenvalue weighted by molar-refractivity contribution is 5.69. The fourth-order valence-corrected chi connectivity index (χ4v) is 2.74. The van der Waals surface area contributed by atoms with Crippen molar-refractivity contribution in [2.75, 3.05) is 24.2 Å². The second-order valence-corrected chi connectivity index (χ2v) is 5.25. The van der Waals surface area contributed by atoms with Gasteiger partial charge in [0.2, 0.25) is 0 Å². The summed E-state index contributed by atoms with van der Waals surface area (Å²) in [4.78, 5) is 2.18. The van der Waals surface area contributed by atoms with Gasteiger partial charge in [0.25, 0.3) is 0 Å². The van der Waals surface area contributed by atoms with Crippen LogP contribution in [0.1, 0.15) is 37.7 Å². The molecule has 1 aromatic rings. The molecule has 0 bridgehead atoms. The molecule has 0 spiro atoms. The number of hydrogen-bond acceptors (Lipinski definition) is 3. The molecule has 0 aromatic heterocycles. The monoisotopic (exact) mass is 243 g/mol. The molecule has 3 nitrogen and oxygen atoms in total. The Balaban J connectivity index is 1.99. The van der Waals surface area contributed by atoms with E-state index in [-0.39, 0.29) is 0 Å². The summed E-state index contributed by atoms with van der Waals surface area (Å²) in [6, 6.07) is 7.63. The second-order valence-electron chi connectivity index (χ2n) is 5.25. The van der Waals surface area contributed by atoms with E-state index in [9.17, 15) is 0 Å². The van der Waals surface area contributed by atoms with Crippen LogP contribution in [0.25, 0.3) is 0 Å². The van der Waals surface area contributed by atoms with Crippen molar-refractivity contribution in [1.82, 2.24) is 0 Å². The fraction of sp³-hybridized carbons (Fsp3) is 0.533. The number of nitrogen functional groups attached to an aromatic ring is 1. The minimum Gasteiger partial charge on any atom is -0.397 e. The Morgan fingerprint density at radius 3 is 2.78 bits per heavy atom. The van der Waals surface area contributed by atoms with Crippen molar-refractivity contribution in [3.63, 3.8) is 0 Å². The first kappa shape index (κ1) is 12.8. The van der Waals surface area contributed by atoms with Gasteiger partial charge in [-0.15, -0.1) is 0 Å². The lowest BCUT2D eigenvalue weighted by Gasteiger charge is -2.23. The maximum absolute atomic E-state index is 8.93. The quantitative estimate of drug-likeness (QED) is 0.826. The Morgan fingerprint density at radius 2 is 2.11 bits per heavy atom. The van der Waals surface area contributed by atoms with E-state index in [1.54, 1.807) is 6.07 Å². The lowest BCUT2D eigenvalue weighted by molar-refractivity contribution is 0.505. The van der Waals surface area contributed by atoms with Gasteiger partial charge in [-0.3, -0.25) is 0 Å². The predicted octanol–water partition coefficient (Wildman–Crippen LogP) is 3.16. The van der Waals surface area contributed by atoms with E-state index in [1.165, 1.54) is 32.1 Å². The number of nitrogens with zero attached hydrogens (tertiary/aromatic N) is 2. The molecule has 96 valence electrons. The normalized spacial score (nSPS) is 15.6. The van der Waals surface area contributed by atoms with E-state index in [4.69, 9.17) is 11.0 Å². The minimum absolute atomic E-state index is 0.673. The van der Waals surface area contributed by atoms with Crippen LogP contribution in [0.15, 0.2) is 18.2 Å². The van der Waals surface area contributed by atoms with Gasteiger partial charge in [-0.05, 0) is 30.5 Å². The Labute approximate surface area is 109 Å². The van der Waals surface area contributed by atoms with E-state index in [0.717, 1.165) is 23.8 Å². The zero-order valence-electron chi connectivity index (χ0n) is 11.0. The zero-order valence-corrected chi connectivity index (χ0v) is 11.0. The third-order valence-corrected chi connectivity index (χ3v) is 3.92. The van der Waals surface area contributed by atoms with Gasteiger partial charge < -0.3 is 10.6 Å². The zero-order chi connectivity index (χ0) is 13.0. The molecule has 0 aliphatic heterocycles. The molecule has 2 N–H and O–H groups in total. The average molecular weight is 243 g/mol. The third-order valence-electron chi connectivity index (χ3n) is 3.92. The van der Waals surface area contributed by atoms with Crippen LogP contribution in [0.2, 0.25) is 0 Å². The van der Waals surface area contributed by atoms with E-state index in [0.29, 0.717) is 5.56 Å². The van der Waals surface area contributed by atoms with Crippen LogP contribution in [-0.2, 0) is 0 Å². The van der Waals surface area contributed by atoms with Crippen molar-refractivity contribution in [3.05, 3.63) is 23.8 Å². The van der Waals surface area contributed by atoms with E-state index in [2.05, 4.69) is 18.0 Å². The maximum atomic E-state index is 8.93. The highest BCUT2D eigenvalue weighted by Gasteiger charge is 2.16. The molecular weight excluding hydrogens is 222 g/mol. The molecular formula is C15H21N3. The Kier molecular flexibility index (Phi) is 4.09. The van der Waals surface area contributed by atoms with Gasteiger partial charge in [-0.2, -0.15) is 5.26 Å². The number of nitrogens with two attached hydrogens (primary N) is 1. The van der Waals surface area contributed by atoms with Crippen LogP contribution < -0.4 is 10.6 Å². The third kappa shape index (κ3) is 2.95. The standard InChI is InChI=1S/C15H21N3/c1-18(9-8-12-4-2-3-5-12)15-10-13(11-16)6-7-14(15)17/h6-7,10,12H,2-5,8-9,17H2,1H3. The van der Waals surface area contributed by atoms with Gasteiger partial charge in [-0.25, -0.2) is 0 Å². The van der Waals surface area contributed by atoms with Crippen LogP contribution in [-0.4, -0.2) is 13.6 Å². The highest BCUT2D eigenvalue weighted by Crippen LogP contribution is 2.29. The molecule has 18 heavy (non-hydrogen) atoms. The first-order chi connectivity index (χ1) is 8.70. The fourth-order valence-electron chi connectivity index (χ4n) is 2.74. The second kappa shape index (κ2) is 5.77. The van der Waals surface area contributed by atoms with Crippen molar-refractivity contribution in [1.29, 1.82) is 5.26 Å². The Morgan fingerprint density at radius 1 is 1.39 bits per heavy atom. The first-order valence-corrected chi connectivity index (χ1v) is 6.71. The van der Waals surface area contributed by atoms with E-state index >= 15 is 0 Å². The molecule has 1 saturated carbocycles. The van der Waals surface area contributed by atoms with Crippen molar-refractivity contribution in [3.8, 4) is 6.07 Å². The molecule has 3 heteroatoms. The first-order valence-electron chi connectivity index (χ1n) is 6.71. The van der Waals surface area contributed by atoms with Gasteiger partial charge >= 0.3 is 0 Å². The lowest BCUT2D eigenvalue weighted by atomic mass is 10.0. The van der Waals surface area contributed by atoms with Crippen molar-refractivity contribution >= 4 is 11.4 Å². The van der Waals surface area contributed by atoms with Gasteiger partial charge in [-0.1, -0.05) is 25.7 Å². The minimum atomic E-state index is 0.673. The largest absolute Gasteiger partial charge is 0.397 e. The number of anilines is 2. The molecule has 1 aliphatic rings. The number of hydrogen-bond donors (Lipinski definition) is 1. The highest BCUT2D eigenvalue weighted by atomic mass is 15.1. The van der Waals surface area contributed by atoms with Crippen molar-refractivity contribution in [2.24, 2.45) is 5.92 Å². The Hall–Kier alpha value is -1.69. The van der Waals surface area contributed by atoms with Crippen LogP contribution >= 0.6 is 0 Å². The summed E-state index contributed by atoms with van der Waals surface area (Å²) < 4.78 is 0. The molecule has 0 saturated heterocycles. The molecule has 0 heterocycles. The molecule has 1 aliphatic carbocycles. The summed E-state index contributed by atoms with van der Waals surface area (Å²) in [5.41, 5.74) is 8.38. The van der Waals surface area contributed by atoms with Gasteiger partial charge in [0.15, 0.2) is 0 Å². The molecule has 0 unspecified atom stereocenters. The van der Waals surface area contributed by atoms with Gasteiger partial charge in [0.05, 0.1) is 23.0 Å². The number of rotatable bonds is 4. The number of benzene rings is 1. The van der Waals surface area contributed by atoms with Crippen LogP contribution in [0, 0.1) is 17.2 Å². The van der Waals surface area contributed by atoms with Crippen LogP contribution in [0.4, 0.5) is 11.4 Å². The maximum Gasteiger partial charge on any atom is 0.0992 e. The summed E-state index contributed by atoms with van der Waals surface area (Å²) in [7, 11) is 2.06. The lowest BCUT2D eigenvalue weighted by Crippen LogP contribution is -2.21. The SMILES string of the molecule is CN(CCC1CCCC1)c1cc(C#N)ccc1N. The van der Waals surface area contributed by atoms with Crippen LogP contribution in [0.5, 0.6) is 0 Å². The number of nitriles is 1. The summed E-state index contributed by atoms with van der Waals surface area (Å²) in [5, 5.41) is 8.93. The molecule has 0 amide bonds. The Bertz CT molecular complexity index is 442. The molecule has 2 rings (SSSR count). The smallest absolute Gasteiger partial charge is 0.0992 e. The van der Waals surface area contributed by atoms with Gasteiger partial charge in [0.1, 0.15) is 0 Å². The summed E-state index contributed by atoms with van der Waals surface area (Å²) >= 11 is 0. The van der Waals surface area contributed by atoms with Crippen LogP contribution in [0.3, 0.4) is 0 Å². The molecule has 0 radical (unpaired) electrons.